The van der Waals surface area contributed by atoms with Gasteiger partial charge in [0.1, 0.15) is 0 Å². The second-order valence-corrected chi connectivity index (χ2v) is 8.34. The zero-order chi connectivity index (χ0) is 16.7. The number of allylic oxidation sites excluding steroid dienone is 12. The third-order valence-corrected chi connectivity index (χ3v) is 6.40. The van der Waals surface area contributed by atoms with Crippen LogP contribution in [0.1, 0.15) is 65.7 Å². The van der Waals surface area contributed by atoms with Gasteiger partial charge in [-0.2, -0.15) is 0 Å². The molecule has 0 N–H and O–H groups in total. The molecule has 126 valence electrons. The van der Waals surface area contributed by atoms with Crippen LogP contribution in [-0.2, 0) is 0 Å². The second-order valence-electron chi connectivity index (χ2n) is 8.34. The lowest BCUT2D eigenvalue weighted by Gasteiger charge is -2.36. The van der Waals surface area contributed by atoms with E-state index in [2.05, 4.69) is 51.2 Å². The van der Waals surface area contributed by atoms with E-state index in [4.69, 9.17) is 0 Å². The van der Waals surface area contributed by atoms with Gasteiger partial charge < -0.3 is 0 Å². The minimum absolute atomic E-state index is 0.700. The molecule has 0 nitrogen and oxygen atoms in total. The zero-order valence-electron chi connectivity index (χ0n) is 15.5. The number of rotatable bonds is 2. The van der Waals surface area contributed by atoms with Crippen LogP contribution in [0.25, 0.3) is 0 Å². The summed E-state index contributed by atoms with van der Waals surface area (Å²) >= 11 is 0. The van der Waals surface area contributed by atoms with E-state index in [1.807, 2.05) is 0 Å². The Morgan fingerprint density at radius 3 is 2.46 bits per heavy atom. The van der Waals surface area contributed by atoms with E-state index < -0.39 is 0 Å². The molecule has 4 aliphatic carbocycles. The molecule has 24 heavy (non-hydrogen) atoms. The molecule has 4 aliphatic rings. The fourth-order valence-corrected chi connectivity index (χ4v) is 4.76. The summed E-state index contributed by atoms with van der Waals surface area (Å²) < 4.78 is 0. The van der Waals surface area contributed by atoms with E-state index in [9.17, 15) is 0 Å². The van der Waals surface area contributed by atoms with E-state index in [0.29, 0.717) is 5.92 Å². The number of fused-ring (bicyclic) bond motifs is 2. The lowest BCUT2D eigenvalue weighted by atomic mass is 9.69. The third kappa shape index (κ3) is 2.92. The molecule has 0 fully saturated rings. The molecule has 0 aliphatic heterocycles. The van der Waals surface area contributed by atoms with Gasteiger partial charge in [0.2, 0.25) is 0 Å². The molecule has 0 radical (unpaired) electrons. The first-order chi connectivity index (χ1) is 11.6. The maximum absolute atomic E-state index is 2.55. The largest absolute Gasteiger partial charge is 0.0730 e. The summed E-state index contributed by atoms with van der Waals surface area (Å²) in [7, 11) is 0. The van der Waals surface area contributed by atoms with Crippen LogP contribution in [0.2, 0.25) is 0 Å². The van der Waals surface area contributed by atoms with Crippen LogP contribution < -0.4 is 0 Å². The lowest BCUT2D eigenvalue weighted by Crippen LogP contribution is -2.20. The van der Waals surface area contributed by atoms with E-state index in [1.165, 1.54) is 50.5 Å². The number of hydrogen-bond acceptors (Lipinski definition) is 0. The van der Waals surface area contributed by atoms with Crippen molar-refractivity contribution in [2.45, 2.75) is 65.7 Å². The zero-order valence-corrected chi connectivity index (χ0v) is 15.5. The monoisotopic (exact) mass is 318 g/mol. The van der Waals surface area contributed by atoms with Crippen LogP contribution in [0.4, 0.5) is 0 Å². The van der Waals surface area contributed by atoms with Crippen molar-refractivity contribution >= 4 is 0 Å². The first-order valence-electron chi connectivity index (χ1n) is 9.82. The maximum Gasteiger partial charge on any atom is -0.0119 e. The molecular weight excluding hydrogens is 288 g/mol. The van der Waals surface area contributed by atoms with Crippen molar-refractivity contribution in [2.75, 3.05) is 0 Å². The standard InChI is InChI=1S/C24H30/c1-16(2)19-10-12-23-21(14-19)8-9-22-15-20(11-13-24(22)23)18-6-4-17(3)5-7-18/h4,6,10,12,15-16,21H,5,7-9,11,13-14H2,1-3H3. The fourth-order valence-electron chi connectivity index (χ4n) is 4.76. The molecule has 1 atom stereocenters. The predicted molar refractivity (Wildman–Crippen MR) is 104 cm³/mol. The van der Waals surface area contributed by atoms with Crippen molar-refractivity contribution in [1.29, 1.82) is 0 Å². The summed E-state index contributed by atoms with van der Waals surface area (Å²) in [5, 5.41) is 0. The Hall–Kier alpha value is -1.56. The molecule has 0 aromatic rings. The lowest BCUT2D eigenvalue weighted by molar-refractivity contribution is 0.501. The smallest absolute Gasteiger partial charge is 0.0119 e. The Balaban J connectivity index is 1.64. The fraction of sp³-hybridized carbons (Fsp3) is 0.500. The van der Waals surface area contributed by atoms with Crippen molar-refractivity contribution < 1.29 is 0 Å². The topological polar surface area (TPSA) is 0 Å². The normalized spacial score (nSPS) is 26.8. The summed E-state index contributed by atoms with van der Waals surface area (Å²) in [5.74, 6) is 1.49. The molecule has 0 heterocycles. The molecule has 0 heteroatoms. The first-order valence-corrected chi connectivity index (χ1v) is 9.82. The van der Waals surface area contributed by atoms with E-state index in [-0.39, 0.29) is 0 Å². The van der Waals surface area contributed by atoms with Gasteiger partial charge in [0, 0.05) is 0 Å². The van der Waals surface area contributed by atoms with E-state index in [1.54, 1.807) is 33.4 Å². The van der Waals surface area contributed by atoms with Gasteiger partial charge in [0.15, 0.2) is 0 Å². The van der Waals surface area contributed by atoms with Gasteiger partial charge in [-0.15, -0.1) is 0 Å². The van der Waals surface area contributed by atoms with Gasteiger partial charge in [-0.05, 0) is 91.6 Å². The average Bonchev–Trinajstić information content (AvgIpc) is 2.61. The second kappa shape index (κ2) is 6.39. The van der Waals surface area contributed by atoms with Crippen molar-refractivity contribution in [3.8, 4) is 0 Å². The molecule has 4 rings (SSSR count). The highest BCUT2D eigenvalue weighted by Gasteiger charge is 2.30. The Kier molecular flexibility index (Phi) is 4.24. The SMILES string of the molecule is CC1=CC=C(C2=CC3=C(CC2)C2=CC=C(C(C)C)CC2CC3)CC1. The van der Waals surface area contributed by atoms with Gasteiger partial charge in [0.05, 0.1) is 0 Å². The van der Waals surface area contributed by atoms with Gasteiger partial charge in [-0.3, -0.25) is 0 Å². The highest BCUT2D eigenvalue weighted by Crippen LogP contribution is 2.46. The Labute approximate surface area is 147 Å². The molecule has 0 bridgehead atoms. The summed E-state index contributed by atoms with van der Waals surface area (Å²) in [6.45, 7) is 6.92. The Morgan fingerprint density at radius 1 is 0.875 bits per heavy atom. The molecule has 0 aromatic carbocycles. The molecule has 0 saturated heterocycles. The summed E-state index contributed by atoms with van der Waals surface area (Å²) in [6.07, 6.45) is 21.0. The Bertz CT molecular complexity index is 728. The minimum atomic E-state index is 0.700. The summed E-state index contributed by atoms with van der Waals surface area (Å²) in [5.41, 5.74) is 11.4. The predicted octanol–water partition coefficient (Wildman–Crippen LogP) is 6.99. The quantitative estimate of drug-likeness (QED) is 0.514. The number of hydrogen-bond donors (Lipinski definition) is 0. The molecule has 0 amide bonds. The highest BCUT2D eigenvalue weighted by atomic mass is 14.3. The maximum atomic E-state index is 2.55. The van der Waals surface area contributed by atoms with Crippen molar-refractivity contribution in [3.05, 3.63) is 69.4 Å². The molecule has 1 unspecified atom stereocenters. The van der Waals surface area contributed by atoms with Crippen molar-refractivity contribution in [1.82, 2.24) is 0 Å². The minimum Gasteiger partial charge on any atom is -0.0730 e. The summed E-state index contributed by atoms with van der Waals surface area (Å²) in [4.78, 5) is 0. The molecular formula is C24H30. The van der Waals surface area contributed by atoms with E-state index in [0.717, 1.165) is 5.92 Å². The van der Waals surface area contributed by atoms with Crippen LogP contribution in [-0.4, -0.2) is 0 Å². The van der Waals surface area contributed by atoms with Crippen LogP contribution in [0.3, 0.4) is 0 Å². The first kappa shape index (κ1) is 15.9. The highest BCUT2D eigenvalue weighted by molar-refractivity contribution is 5.54. The molecule has 0 aromatic heterocycles. The average molecular weight is 319 g/mol. The van der Waals surface area contributed by atoms with Gasteiger partial charge in [-0.1, -0.05) is 55.4 Å². The van der Waals surface area contributed by atoms with Crippen LogP contribution in [0, 0.1) is 11.8 Å². The molecule has 0 saturated carbocycles. The van der Waals surface area contributed by atoms with Gasteiger partial charge >= 0.3 is 0 Å². The molecule has 0 spiro atoms. The van der Waals surface area contributed by atoms with Gasteiger partial charge in [-0.25, -0.2) is 0 Å². The van der Waals surface area contributed by atoms with Gasteiger partial charge in [0.25, 0.3) is 0 Å². The summed E-state index contributed by atoms with van der Waals surface area (Å²) in [6, 6.07) is 0. The van der Waals surface area contributed by atoms with E-state index >= 15 is 0 Å². The van der Waals surface area contributed by atoms with Crippen LogP contribution in [0.5, 0.6) is 0 Å². The van der Waals surface area contributed by atoms with Crippen LogP contribution in [0.15, 0.2) is 69.4 Å². The Morgan fingerprint density at radius 2 is 1.71 bits per heavy atom. The van der Waals surface area contributed by atoms with Crippen LogP contribution >= 0.6 is 0 Å². The van der Waals surface area contributed by atoms with Crippen molar-refractivity contribution in [3.63, 3.8) is 0 Å². The third-order valence-electron chi connectivity index (χ3n) is 6.40. The van der Waals surface area contributed by atoms with Crippen molar-refractivity contribution in [2.24, 2.45) is 11.8 Å².